The summed E-state index contributed by atoms with van der Waals surface area (Å²) in [6.07, 6.45) is 4.00. The molecule has 0 unspecified atom stereocenters. The average molecular weight is 267 g/mol. The van der Waals surface area contributed by atoms with Crippen molar-refractivity contribution in [2.24, 2.45) is 0 Å². The highest BCUT2D eigenvalue weighted by Crippen LogP contribution is 2.25. The standard InChI is InChI=1S/C16H17N3O/c1-11-4-6-13(7-5-11)19-16(20)14-3-2-10-17-15(14)18-12-8-9-12/h2-7,10,12H,8-9H2,1H3,(H,17,18)(H,19,20). The van der Waals surface area contributed by atoms with Crippen LogP contribution >= 0.6 is 0 Å². The molecular weight excluding hydrogens is 250 g/mol. The fraction of sp³-hybridized carbons (Fsp3) is 0.250. The van der Waals surface area contributed by atoms with Gasteiger partial charge in [0.25, 0.3) is 5.91 Å². The molecule has 4 heteroatoms. The van der Waals surface area contributed by atoms with Crippen LogP contribution in [0.5, 0.6) is 0 Å². The number of aryl methyl sites for hydroxylation is 1. The Labute approximate surface area is 118 Å². The number of nitrogens with zero attached hydrogens (tertiary/aromatic N) is 1. The van der Waals surface area contributed by atoms with E-state index in [1.54, 1.807) is 18.3 Å². The van der Waals surface area contributed by atoms with Gasteiger partial charge in [0.1, 0.15) is 5.82 Å². The first kappa shape index (κ1) is 12.7. The maximum Gasteiger partial charge on any atom is 0.259 e. The molecule has 4 nitrogen and oxygen atoms in total. The molecule has 0 radical (unpaired) electrons. The van der Waals surface area contributed by atoms with Crippen molar-refractivity contribution in [3.05, 3.63) is 53.7 Å². The van der Waals surface area contributed by atoms with Gasteiger partial charge in [0, 0.05) is 17.9 Å². The molecule has 2 aromatic rings. The highest BCUT2D eigenvalue weighted by atomic mass is 16.1. The van der Waals surface area contributed by atoms with E-state index in [2.05, 4.69) is 15.6 Å². The summed E-state index contributed by atoms with van der Waals surface area (Å²) in [7, 11) is 0. The summed E-state index contributed by atoms with van der Waals surface area (Å²) < 4.78 is 0. The van der Waals surface area contributed by atoms with Crippen LogP contribution in [0.15, 0.2) is 42.6 Å². The molecule has 2 N–H and O–H groups in total. The molecule has 102 valence electrons. The Balaban J connectivity index is 1.77. The van der Waals surface area contributed by atoms with E-state index < -0.39 is 0 Å². The summed E-state index contributed by atoms with van der Waals surface area (Å²) in [4.78, 5) is 16.6. The first-order valence-corrected chi connectivity index (χ1v) is 6.82. The zero-order chi connectivity index (χ0) is 13.9. The van der Waals surface area contributed by atoms with Crippen LogP contribution in [-0.2, 0) is 0 Å². The third-order valence-electron chi connectivity index (χ3n) is 3.28. The third kappa shape index (κ3) is 2.96. The molecule has 1 aliphatic carbocycles. The smallest absolute Gasteiger partial charge is 0.259 e. The number of nitrogens with one attached hydrogen (secondary N) is 2. The van der Waals surface area contributed by atoms with E-state index in [1.807, 2.05) is 31.2 Å². The molecule has 0 aliphatic heterocycles. The molecule has 0 spiro atoms. The summed E-state index contributed by atoms with van der Waals surface area (Å²) in [6, 6.07) is 11.8. The van der Waals surface area contributed by atoms with Crippen molar-refractivity contribution in [1.29, 1.82) is 0 Å². The van der Waals surface area contributed by atoms with E-state index in [0.29, 0.717) is 17.4 Å². The molecule has 0 atom stereocenters. The quantitative estimate of drug-likeness (QED) is 0.894. The molecule has 1 amide bonds. The molecule has 1 fully saturated rings. The minimum absolute atomic E-state index is 0.134. The van der Waals surface area contributed by atoms with Crippen LogP contribution in [0.2, 0.25) is 0 Å². The van der Waals surface area contributed by atoms with Crippen LogP contribution in [0.3, 0.4) is 0 Å². The lowest BCUT2D eigenvalue weighted by Gasteiger charge is -2.10. The van der Waals surface area contributed by atoms with Gasteiger partial charge in [0.2, 0.25) is 0 Å². The van der Waals surface area contributed by atoms with E-state index in [0.717, 1.165) is 18.5 Å². The Hall–Kier alpha value is -2.36. The molecule has 0 bridgehead atoms. The van der Waals surface area contributed by atoms with Crippen LogP contribution < -0.4 is 10.6 Å². The van der Waals surface area contributed by atoms with E-state index in [4.69, 9.17) is 0 Å². The number of pyridine rings is 1. The van der Waals surface area contributed by atoms with Crippen molar-refractivity contribution in [3.63, 3.8) is 0 Å². The maximum absolute atomic E-state index is 12.3. The van der Waals surface area contributed by atoms with Gasteiger partial charge in [-0.2, -0.15) is 0 Å². The van der Waals surface area contributed by atoms with Crippen molar-refractivity contribution < 1.29 is 4.79 Å². The van der Waals surface area contributed by atoms with Gasteiger partial charge in [0.15, 0.2) is 0 Å². The molecule has 1 aliphatic rings. The van der Waals surface area contributed by atoms with Gasteiger partial charge in [-0.1, -0.05) is 17.7 Å². The summed E-state index contributed by atoms with van der Waals surface area (Å²) >= 11 is 0. The number of hydrogen-bond acceptors (Lipinski definition) is 3. The van der Waals surface area contributed by atoms with Crippen LogP contribution in [0.4, 0.5) is 11.5 Å². The number of aromatic nitrogens is 1. The molecule has 1 aromatic carbocycles. The fourth-order valence-corrected chi connectivity index (χ4v) is 1.96. The number of benzene rings is 1. The summed E-state index contributed by atoms with van der Waals surface area (Å²) in [6.45, 7) is 2.02. The van der Waals surface area contributed by atoms with Crippen LogP contribution in [0, 0.1) is 6.92 Å². The second-order valence-electron chi connectivity index (χ2n) is 5.14. The predicted octanol–water partition coefficient (Wildman–Crippen LogP) is 3.22. The SMILES string of the molecule is Cc1ccc(NC(=O)c2cccnc2NC2CC2)cc1. The Morgan fingerprint density at radius 3 is 2.65 bits per heavy atom. The van der Waals surface area contributed by atoms with Crippen molar-refractivity contribution in [3.8, 4) is 0 Å². The second kappa shape index (κ2) is 5.33. The third-order valence-corrected chi connectivity index (χ3v) is 3.28. The minimum Gasteiger partial charge on any atom is -0.367 e. The zero-order valence-electron chi connectivity index (χ0n) is 11.4. The van der Waals surface area contributed by atoms with Crippen LogP contribution in [0.1, 0.15) is 28.8 Å². The predicted molar refractivity (Wildman–Crippen MR) is 80.0 cm³/mol. The number of carbonyl (C=O) groups is 1. The second-order valence-corrected chi connectivity index (χ2v) is 5.14. The van der Waals surface area contributed by atoms with Gasteiger partial charge < -0.3 is 10.6 Å². The summed E-state index contributed by atoms with van der Waals surface area (Å²) in [5.41, 5.74) is 2.54. The van der Waals surface area contributed by atoms with Crippen LogP contribution in [0.25, 0.3) is 0 Å². The molecule has 3 rings (SSSR count). The zero-order valence-corrected chi connectivity index (χ0v) is 11.4. The fourth-order valence-electron chi connectivity index (χ4n) is 1.96. The van der Waals surface area contributed by atoms with E-state index in [1.165, 1.54) is 5.56 Å². The maximum atomic E-state index is 12.3. The molecule has 1 aromatic heterocycles. The van der Waals surface area contributed by atoms with Crippen molar-refractivity contribution in [2.75, 3.05) is 10.6 Å². The van der Waals surface area contributed by atoms with Gasteiger partial charge in [-0.3, -0.25) is 4.79 Å². The molecule has 0 saturated heterocycles. The summed E-state index contributed by atoms with van der Waals surface area (Å²) in [5.74, 6) is 0.532. The molecule has 1 heterocycles. The Morgan fingerprint density at radius 1 is 1.20 bits per heavy atom. The topological polar surface area (TPSA) is 54.0 Å². The van der Waals surface area contributed by atoms with Gasteiger partial charge in [-0.05, 0) is 44.0 Å². The molecule has 1 saturated carbocycles. The number of anilines is 2. The lowest BCUT2D eigenvalue weighted by atomic mass is 10.2. The average Bonchev–Trinajstić information content (AvgIpc) is 3.26. The van der Waals surface area contributed by atoms with E-state index >= 15 is 0 Å². The van der Waals surface area contributed by atoms with Crippen molar-refractivity contribution in [1.82, 2.24) is 4.98 Å². The monoisotopic (exact) mass is 267 g/mol. The number of amides is 1. The van der Waals surface area contributed by atoms with Crippen molar-refractivity contribution in [2.45, 2.75) is 25.8 Å². The number of hydrogen-bond donors (Lipinski definition) is 2. The van der Waals surface area contributed by atoms with Gasteiger partial charge >= 0.3 is 0 Å². The summed E-state index contributed by atoms with van der Waals surface area (Å²) in [5, 5.41) is 6.19. The first-order chi connectivity index (χ1) is 9.72. The molecular formula is C16H17N3O. The van der Waals surface area contributed by atoms with Crippen LogP contribution in [-0.4, -0.2) is 16.9 Å². The highest BCUT2D eigenvalue weighted by molar-refractivity contribution is 6.07. The number of rotatable bonds is 4. The Morgan fingerprint density at radius 2 is 1.95 bits per heavy atom. The van der Waals surface area contributed by atoms with E-state index in [-0.39, 0.29) is 5.91 Å². The Bertz CT molecular complexity index is 618. The minimum atomic E-state index is -0.134. The molecule has 20 heavy (non-hydrogen) atoms. The Kier molecular flexibility index (Phi) is 3.37. The van der Waals surface area contributed by atoms with E-state index in [9.17, 15) is 4.79 Å². The van der Waals surface area contributed by atoms with Gasteiger partial charge in [-0.25, -0.2) is 4.98 Å². The van der Waals surface area contributed by atoms with Gasteiger partial charge in [-0.15, -0.1) is 0 Å². The van der Waals surface area contributed by atoms with Crippen molar-refractivity contribution >= 4 is 17.4 Å². The first-order valence-electron chi connectivity index (χ1n) is 6.82. The lowest BCUT2D eigenvalue weighted by Crippen LogP contribution is -2.16. The normalized spacial score (nSPS) is 13.8. The lowest BCUT2D eigenvalue weighted by molar-refractivity contribution is 0.102. The number of carbonyl (C=O) groups excluding carboxylic acids is 1. The largest absolute Gasteiger partial charge is 0.367 e. The highest BCUT2D eigenvalue weighted by Gasteiger charge is 2.23. The van der Waals surface area contributed by atoms with Gasteiger partial charge in [0.05, 0.1) is 5.56 Å².